The van der Waals surface area contributed by atoms with Crippen molar-refractivity contribution in [2.45, 2.75) is 25.3 Å². The lowest BCUT2D eigenvalue weighted by Gasteiger charge is -2.23. The Morgan fingerprint density at radius 1 is 1.29 bits per heavy atom. The van der Waals surface area contributed by atoms with Crippen LogP contribution in [-0.4, -0.2) is 10.9 Å². The van der Waals surface area contributed by atoms with Crippen molar-refractivity contribution in [3.63, 3.8) is 0 Å². The van der Waals surface area contributed by atoms with Gasteiger partial charge in [-0.2, -0.15) is 0 Å². The maximum Gasteiger partial charge on any atom is 0.251 e. The number of carbonyl (C=O) groups excluding carboxylic acids is 1. The first-order chi connectivity index (χ1) is 10.3. The second-order valence-electron chi connectivity index (χ2n) is 5.50. The molecule has 4 heteroatoms. The fraction of sp³-hybridized carbons (Fsp3) is 0.235. The zero-order valence-electron chi connectivity index (χ0n) is 11.6. The van der Waals surface area contributed by atoms with Crippen LogP contribution in [-0.2, 0) is 6.42 Å². The van der Waals surface area contributed by atoms with Gasteiger partial charge < -0.3 is 10.3 Å². The van der Waals surface area contributed by atoms with E-state index in [1.54, 1.807) is 11.3 Å². The average molecular weight is 296 g/mol. The first-order valence-electron chi connectivity index (χ1n) is 7.25. The number of benzene rings is 1. The molecule has 106 valence electrons. The van der Waals surface area contributed by atoms with Gasteiger partial charge in [0.2, 0.25) is 0 Å². The minimum atomic E-state index is 0.00977. The first-order valence-corrected chi connectivity index (χ1v) is 8.13. The summed E-state index contributed by atoms with van der Waals surface area (Å²) in [6.45, 7) is 0. The van der Waals surface area contributed by atoms with Crippen LogP contribution in [0.25, 0.3) is 10.9 Å². The molecule has 3 aromatic rings. The van der Waals surface area contributed by atoms with Crippen molar-refractivity contribution in [1.29, 1.82) is 0 Å². The zero-order valence-corrected chi connectivity index (χ0v) is 12.4. The smallest absolute Gasteiger partial charge is 0.251 e. The van der Waals surface area contributed by atoms with E-state index in [1.165, 1.54) is 10.4 Å². The Kier molecular flexibility index (Phi) is 3.04. The van der Waals surface area contributed by atoms with Crippen LogP contribution in [0, 0.1) is 0 Å². The van der Waals surface area contributed by atoms with Crippen LogP contribution in [0.1, 0.15) is 39.7 Å². The predicted octanol–water partition coefficient (Wildman–Crippen LogP) is 4.04. The van der Waals surface area contributed by atoms with Crippen molar-refractivity contribution in [2.24, 2.45) is 0 Å². The van der Waals surface area contributed by atoms with Gasteiger partial charge in [-0.1, -0.05) is 6.07 Å². The number of fused-ring (bicyclic) bond motifs is 2. The van der Waals surface area contributed by atoms with Gasteiger partial charge in [-0.05, 0) is 59.9 Å². The average Bonchev–Trinajstić information content (AvgIpc) is 3.15. The molecular formula is C17H16N2OS. The summed E-state index contributed by atoms with van der Waals surface area (Å²) >= 11 is 1.80. The van der Waals surface area contributed by atoms with E-state index in [0.717, 1.165) is 30.2 Å². The maximum absolute atomic E-state index is 12.5. The quantitative estimate of drug-likeness (QED) is 0.736. The Bertz CT molecular complexity index is 802. The normalized spacial score (nSPS) is 17.6. The topological polar surface area (TPSA) is 44.9 Å². The van der Waals surface area contributed by atoms with Gasteiger partial charge in [0.25, 0.3) is 5.91 Å². The molecule has 1 atom stereocenters. The molecule has 0 saturated heterocycles. The van der Waals surface area contributed by atoms with Gasteiger partial charge in [0, 0.05) is 22.2 Å². The molecule has 1 aromatic carbocycles. The fourth-order valence-corrected chi connectivity index (χ4v) is 4.05. The van der Waals surface area contributed by atoms with Crippen molar-refractivity contribution in [1.82, 2.24) is 10.3 Å². The predicted molar refractivity (Wildman–Crippen MR) is 85.8 cm³/mol. The zero-order chi connectivity index (χ0) is 14.2. The van der Waals surface area contributed by atoms with E-state index in [0.29, 0.717) is 5.56 Å². The van der Waals surface area contributed by atoms with E-state index in [2.05, 4.69) is 21.7 Å². The molecule has 1 unspecified atom stereocenters. The summed E-state index contributed by atoms with van der Waals surface area (Å²) in [5, 5.41) is 6.44. The van der Waals surface area contributed by atoms with Crippen molar-refractivity contribution in [2.75, 3.05) is 0 Å². The highest BCUT2D eigenvalue weighted by molar-refractivity contribution is 7.10. The Morgan fingerprint density at radius 2 is 2.24 bits per heavy atom. The monoisotopic (exact) mass is 296 g/mol. The number of rotatable bonds is 2. The molecule has 0 spiro atoms. The van der Waals surface area contributed by atoms with Gasteiger partial charge in [-0.25, -0.2) is 0 Å². The second kappa shape index (κ2) is 5.04. The van der Waals surface area contributed by atoms with Crippen molar-refractivity contribution < 1.29 is 4.79 Å². The highest BCUT2D eigenvalue weighted by Crippen LogP contribution is 2.33. The maximum atomic E-state index is 12.5. The minimum absolute atomic E-state index is 0.00977. The summed E-state index contributed by atoms with van der Waals surface area (Å²) in [6.07, 6.45) is 5.22. The van der Waals surface area contributed by atoms with Gasteiger partial charge in [0.05, 0.1) is 6.04 Å². The number of hydrogen-bond donors (Lipinski definition) is 2. The van der Waals surface area contributed by atoms with Crippen LogP contribution < -0.4 is 5.32 Å². The summed E-state index contributed by atoms with van der Waals surface area (Å²) in [4.78, 5) is 17.1. The summed E-state index contributed by atoms with van der Waals surface area (Å²) in [7, 11) is 0. The van der Waals surface area contributed by atoms with E-state index >= 15 is 0 Å². The van der Waals surface area contributed by atoms with Crippen LogP contribution in [0.3, 0.4) is 0 Å². The summed E-state index contributed by atoms with van der Waals surface area (Å²) in [5.41, 5.74) is 3.02. The standard InChI is InChI=1S/C17H16N2OS/c20-17(12-5-4-11-6-8-18-15(11)10-12)19-14-2-1-3-16-13(14)7-9-21-16/h4-10,14,18H,1-3H2,(H,19,20). The Labute approximate surface area is 127 Å². The van der Waals surface area contributed by atoms with E-state index in [-0.39, 0.29) is 11.9 Å². The number of H-pyrrole nitrogens is 1. The molecule has 3 nitrogen and oxygen atoms in total. The highest BCUT2D eigenvalue weighted by Gasteiger charge is 2.23. The van der Waals surface area contributed by atoms with Crippen LogP contribution in [0.4, 0.5) is 0 Å². The third-order valence-corrected chi connectivity index (χ3v) is 5.17. The van der Waals surface area contributed by atoms with Gasteiger partial charge in [0.15, 0.2) is 0 Å². The van der Waals surface area contributed by atoms with E-state index in [4.69, 9.17) is 0 Å². The number of carbonyl (C=O) groups is 1. The van der Waals surface area contributed by atoms with Crippen LogP contribution in [0.2, 0.25) is 0 Å². The Balaban J connectivity index is 1.59. The third kappa shape index (κ3) is 2.25. The summed E-state index contributed by atoms with van der Waals surface area (Å²) in [5.74, 6) is 0.00977. The molecule has 0 radical (unpaired) electrons. The number of nitrogens with one attached hydrogen (secondary N) is 2. The Morgan fingerprint density at radius 3 is 3.19 bits per heavy atom. The number of thiophene rings is 1. The number of amides is 1. The SMILES string of the molecule is O=C(NC1CCCc2sccc21)c1ccc2cc[nH]c2c1. The van der Waals surface area contributed by atoms with E-state index in [9.17, 15) is 4.79 Å². The second-order valence-corrected chi connectivity index (χ2v) is 6.50. The third-order valence-electron chi connectivity index (χ3n) is 4.17. The first kappa shape index (κ1) is 12.7. The van der Waals surface area contributed by atoms with E-state index < -0.39 is 0 Å². The highest BCUT2D eigenvalue weighted by atomic mass is 32.1. The van der Waals surface area contributed by atoms with Crippen molar-refractivity contribution in [3.8, 4) is 0 Å². The van der Waals surface area contributed by atoms with Crippen LogP contribution in [0.5, 0.6) is 0 Å². The van der Waals surface area contributed by atoms with Crippen LogP contribution >= 0.6 is 11.3 Å². The summed E-state index contributed by atoms with van der Waals surface area (Å²) in [6, 6.07) is 10.1. The van der Waals surface area contributed by atoms with Gasteiger partial charge >= 0.3 is 0 Å². The lowest BCUT2D eigenvalue weighted by molar-refractivity contribution is 0.0933. The molecule has 0 fully saturated rings. The molecule has 2 heterocycles. The molecule has 4 rings (SSSR count). The largest absolute Gasteiger partial charge is 0.361 e. The fourth-order valence-electron chi connectivity index (χ4n) is 3.07. The molecule has 2 N–H and O–H groups in total. The molecular weight excluding hydrogens is 280 g/mol. The van der Waals surface area contributed by atoms with Gasteiger partial charge in [0.1, 0.15) is 0 Å². The number of aryl methyl sites for hydroxylation is 1. The lowest BCUT2D eigenvalue weighted by Crippen LogP contribution is -2.30. The lowest BCUT2D eigenvalue weighted by atomic mass is 9.94. The van der Waals surface area contributed by atoms with E-state index in [1.807, 2.05) is 30.5 Å². The van der Waals surface area contributed by atoms with Crippen LogP contribution in [0.15, 0.2) is 41.9 Å². The molecule has 1 amide bonds. The molecule has 1 aliphatic carbocycles. The molecule has 0 bridgehead atoms. The molecule has 21 heavy (non-hydrogen) atoms. The number of aromatic nitrogens is 1. The molecule has 2 aromatic heterocycles. The summed E-state index contributed by atoms with van der Waals surface area (Å²) < 4.78 is 0. The van der Waals surface area contributed by atoms with Crippen molar-refractivity contribution in [3.05, 3.63) is 57.9 Å². The van der Waals surface area contributed by atoms with Crippen molar-refractivity contribution >= 4 is 28.1 Å². The molecule has 0 aliphatic heterocycles. The number of aromatic amines is 1. The molecule has 1 aliphatic rings. The Hall–Kier alpha value is -2.07. The molecule has 0 saturated carbocycles. The number of hydrogen-bond acceptors (Lipinski definition) is 2. The van der Waals surface area contributed by atoms with Gasteiger partial charge in [-0.15, -0.1) is 11.3 Å². The minimum Gasteiger partial charge on any atom is -0.361 e. The van der Waals surface area contributed by atoms with Gasteiger partial charge in [-0.3, -0.25) is 4.79 Å².